The van der Waals surface area contributed by atoms with Gasteiger partial charge in [-0.1, -0.05) is 23.5 Å². The highest BCUT2D eigenvalue weighted by Crippen LogP contribution is 2.45. The fourth-order valence-corrected chi connectivity index (χ4v) is 4.29. The van der Waals surface area contributed by atoms with Crippen molar-refractivity contribution in [1.82, 2.24) is 9.55 Å². The Hall–Kier alpha value is -3.92. The molecule has 0 radical (unpaired) electrons. The van der Waals surface area contributed by atoms with E-state index >= 15 is 0 Å². The summed E-state index contributed by atoms with van der Waals surface area (Å²) in [5.41, 5.74) is -0.266. The van der Waals surface area contributed by atoms with Gasteiger partial charge >= 0.3 is 5.97 Å². The third-order valence-electron chi connectivity index (χ3n) is 4.79. The van der Waals surface area contributed by atoms with Crippen LogP contribution in [0.3, 0.4) is 0 Å². The Bertz CT molecular complexity index is 1370. The van der Waals surface area contributed by atoms with Gasteiger partial charge in [0, 0.05) is 5.56 Å². The topological polar surface area (TPSA) is 115 Å². The smallest absolute Gasteiger partial charge is 0.350 e. The summed E-state index contributed by atoms with van der Waals surface area (Å²) in [6.45, 7) is 3.21. The van der Waals surface area contributed by atoms with Crippen molar-refractivity contribution >= 4 is 23.1 Å². The van der Waals surface area contributed by atoms with Gasteiger partial charge in [0.1, 0.15) is 16.5 Å². The molecule has 0 saturated carbocycles. The molecule has 0 amide bonds. The standard InChI is InChI=1S/C22H17FN2O6S/c1-10-8-9-14(31-10)17(26)15-16(12-6-4-5-7-13(12)23)25(20(28)18(15)27)22-24-11(2)19(32-22)21(29)30-3/h4-9,27-28H,1-3H3. The lowest BCUT2D eigenvalue weighted by Crippen LogP contribution is -2.05. The Balaban J connectivity index is 2.04. The zero-order chi connectivity index (χ0) is 23.2. The number of carbonyl (C=O) groups excluding carboxylic acids is 2. The average molecular weight is 456 g/mol. The van der Waals surface area contributed by atoms with Crippen LogP contribution in [0.25, 0.3) is 16.4 Å². The van der Waals surface area contributed by atoms with Gasteiger partial charge in [-0.3, -0.25) is 9.36 Å². The maximum absolute atomic E-state index is 14.8. The number of ketones is 1. The number of methoxy groups -OCH3 is 1. The number of benzene rings is 1. The van der Waals surface area contributed by atoms with E-state index in [1.807, 2.05) is 0 Å². The fraction of sp³-hybridized carbons (Fsp3) is 0.136. The van der Waals surface area contributed by atoms with Crippen LogP contribution in [-0.2, 0) is 4.74 Å². The van der Waals surface area contributed by atoms with Crippen molar-refractivity contribution in [3.05, 3.63) is 69.9 Å². The zero-order valence-electron chi connectivity index (χ0n) is 17.2. The molecule has 0 fully saturated rings. The van der Waals surface area contributed by atoms with Crippen molar-refractivity contribution in [3.63, 3.8) is 0 Å². The van der Waals surface area contributed by atoms with E-state index in [-0.39, 0.29) is 32.6 Å². The maximum atomic E-state index is 14.8. The number of hydrogen-bond donors (Lipinski definition) is 2. The predicted molar refractivity (Wildman–Crippen MR) is 113 cm³/mol. The molecule has 8 nitrogen and oxygen atoms in total. The van der Waals surface area contributed by atoms with Crippen LogP contribution in [0.2, 0.25) is 0 Å². The van der Waals surface area contributed by atoms with Crippen molar-refractivity contribution in [2.75, 3.05) is 7.11 Å². The quantitative estimate of drug-likeness (QED) is 0.338. The summed E-state index contributed by atoms with van der Waals surface area (Å²) in [5, 5.41) is 21.5. The Kier molecular flexibility index (Phi) is 5.31. The number of thiazole rings is 1. The number of furan rings is 1. The molecular formula is C22H17FN2O6S. The second-order valence-electron chi connectivity index (χ2n) is 6.85. The predicted octanol–water partition coefficient (Wildman–Crippen LogP) is 4.38. The molecular weight excluding hydrogens is 439 g/mol. The second-order valence-corrected chi connectivity index (χ2v) is 7.83. The van der Waals surface area contributed by atoms with Crippen LogP contribution >= 0.6 is 11.3 Å². The first-order valence-electron chi connectivity index (χ1n) is 9.33. The summed E-state index contributed by atoms with van der Waals surface area (Å²) >= 11 is 0.857. The number of hydrogen-bond acceptors (Lipinski definition) is 8. The van der Waals surface area contributed by atoms with Crippen LogP contribution in [0.15, 0.2) is 40.8 Å². The molecule has 0 aliphatic rings. The van der Waals surface area contributed by atoms with E-state index in [0.29, 0.717) is 11.5 Å². The van der Waals surface area contributed by atoms with Crippen LogP contribution in [0, 0.1) is 19.7 Å². The van der Waals surface area contributed by atoms with E-state index in [0.717, 1.165) is 15.9 Å². The molecule has 0 aliphatic heterocycles. The van der Waals surface area contributed by atoms with Crippen LogP contribution in [-0.4, -0.2) is 38.6 Å². The number of esters is 1. The molecule has 4 aromatic rings. The third-order valence-corrected chi connectivity index (χ3v) is 5.91. The Morgan fingerprint density at radius 2 is 1.88 bits per heavy atom. The minimum Gasteiger partial charge on any atom is -0.503 e. The van der Waals surface area contributed by atoms with Gasteiger partial charge in [0.2, 0.25) is 11.7 Å². The van der Waals surface area contributed by atoms with Crippen LogP contribution < -0.4 is 0 Å². The number of aromatic hydroxyl groups is 2. The van der Waals surface area contributed by atoms with Gasteiger partial charge in [-0.25, -0.2) is 14.2 Å². The van der Waals surface area contributed by atoms with Gasteiger partial charge in [-0.15, -0.1) is 0 Å². The minimum absolute atomic E-state index is 0.0311. The van der Waals surface area contributed by atoms with Crippen LogP contribution in [0.5, 0.6) is 11.6 Å². The highest BCUT2D eigenvalue weighted by molar-refractivity contribution is 7.16. The van der Waals surface area contributed by atoms with E-state index < -0.39 is 29.2 Å². The molecule has 0 unspecified atom stereocenters. The minimum atomic E-state index is -0.769. The van der Waals surface area contributed by atoms with Gasteiger partial charge in [0.05, 0.1) is 24.1 Å². The number of rotatable bonds is 5. The number of aromatic nitrogens is 2. The van der Waals surface area contributed by atoms with E-state index in [1.165, 1.54) is 31.4 Å². The first-order valence-corrected chi connectivity index (χ1v) is 10.1. The third kappa shape index (κ3) is 3.34. The van der Waals surface area contributed by atoms with Crippen LogP contribution in [0.1, 0.15) is 37.2 Å². The van der Waals surface area contributed by atoms with Gasteiger partial charge in [-0.05, 0) is 38.1 Å². The number of halogens is 1. The Morgan fingerprint density at radius 1 is 1.16 bits per heavy atom. The maximum Gasteiger partial charge on any atom is 0.350 e. The molecule has 0 saturated heterocycles. The molecule has 2 N–H and O–H groups in total. The fourth-order valence-electron chi connectivity index (χ4n) is 3.30. The lowest BCUT2D eigenvalue weighted by atomic mass is 10.0. The van der Waals surface area contributed by atoms with Crippen molar-refractivity contribution in [1.29, 1.82) is 0 Å². The molecule has 3 aromatic heterocycles. The van der Waals surface area contributed by atoms with E-state index in [9.17, 15) is 24.2 Å². The normalized spacial score (nSPS) is 11.0. The van der Waals surface area contributed by atoms with E-state index in [4.69, 9.17) is 9.15 Å². The number of ether oxygens (including phenoxy) is 1. The summed E-state index contributed by atoms with van der Waals surface area (Å²) in [4.78, 5) is 29.7. The molecule has 0 atom stereocenters. The first-order chi connectivity index (χ1) is 15.2. The molecule has 164 valence electrons. The Labute approximate surface area is 185 Å². The molecule has 10 heteroatoms. The molecule has 1 aromatic carbocycles. The number of carbonyl (C=O) groups is 2. The lowest BCUT2D eigenvalue weighted by molar-refractivity contribution is 0.0605. The summed E-state index contributed by atoms with van der Waals surface area (Å²) in [6, 6.07) is 8.56. The van der Waals surface area contributed by atoms with Gasteiger partial charge in [-0.2, -0.15) is 0 Å². The zero-order valence-corrected chi connectivity index (χ0v) is 18.0. The van der Waals surface area contributed by atoms with E-state index in [2.05, 4.69) is 4.98 Å². The summed E-state index contributed by atoms with van der Waals surface area (Å²) in [7, 11) is 1.22. The Morgan fingerprint density at radius 3 is 2.50 bits per heavy atom. The lowest BCUT2D eigenvalue weighted by Gasteiger charge is -2.09. The molecule has 32 heavy (non-hydrogen) atoms. The van der Waals surface area contributed by atoms with Gasteiger partial charge in [0.25, 0.3) is 0 Å². The average Bonchev–Trinajstić information content (AvgIpc) is 3.44. The molecule has 3 heterocycles. The number of nitrogens with zero attached hydrogens (tertiary/aromatic N) is 2. The van der Waals surface area contributed by atoms with Gasteiger partial charge in [0.15, 0.2) is 16.6 Å². The number of aryl methyl sites for hydroxylation is 2. The van der Waals surface area contributed by atoms with Crippen molar-refractivity contribution in [3.8, 4) is 28.0 Å². The summed E-state index contributed by atoms with van der Waals surface area (Å²) in [5.74, 6) is -3.24. The monoisotopic (exact) mass is 456 g/mol. The highest BCUT2D eigenvalue weighted by atomic mass is 32.1. The van der Waals surface area contributed by atoms with Crippen molar-refractivity contribution in [2.24, 2.45) is 0 Å². The summed E-state index contributed by atoms with van der Waals surface area (Å²) < 4.78 is 26.0. The highest BCUT2D eigenvalue weighted by Gasteiger charge is 2.33. The molecule has 0 spiro atoms. The molecule has 4 rings (SSSR count). The van der Waals surface area contributed by atoms with Gasteiger partial charge < -0.3 is 19.4 Å². The van der Waals surface area contributed by atoms with E-state index in [1.54, 1.807) is 26.0 Å². The molecule has 0 bridgehead atoms. The summed E-state index contributed by atoms with van der Waals surface area (Å²) in [6.07, 6.45) is 0. The first kappa shape index (κ1) is 21.3. The largest absolute Gasteiger partial charge is 0.503 e. The van der Waals surface area contributed by atoms with Crippen molar-refractivity contribution in [2.45, 2.75) is 13.8 Å². The van der Waals surface area contributed by atoms with Crippen molar-refractivity contribution < 1.29 is 33.3 Å². The second kappa shape index (κ2) is 7.97. The van der Waals surface area contributed by atoms with Crippen LogP contribution in [0.4, 0.5) is 4.39 Å². The molecule has 0 aliphatic carbocycles. The SMILES string of the molecule is COC(=O)c1sc(-n2c(O)c(O)c(C(=O)c3ccc(C)o3)c2-c2ccccc2F)nc1C.